The Morgan fingerprint density at radius 3 is 2.60 bits per heavy atom. The van der Waals surface area contributed by atoms with Crippen LogP contribution in [0, 0.1) is 18.8 Å². The molecule has 2 rings (SSSR count). The van der Waals surface area contributed by atoms with E-state index < -0.39 is 0 Å². The van der Waals surface area contributed by atoms with Gasteiger partial charge in [0.15, 0.2) is 0 Å². The molecule has 3 heteroatoms. The Hall–Kier alpha value is -0.800. The van der Waals surface area contributed by atoms with Crippen molar-refractivity contribution >= 4 is 0 Å². The van der Waals surface area contributed by atoms with Crippen molar-refractivity contribution in [2.75, 3.05) is 13.6 Å². The van der Waals surface area contributed by atoms with Crippen LogP contribution in [0.4, 0.5) is 0 Å². The van der Waals surface area contributed by atoms with Gasteiger partial charge in [0.05, 0.1) is 13.1 Å². The summed E-state index contributed by atoms with van der Waals surface area (Å²) in [6, 6.07) is 2.19. The van der Waals surface area contributed by atoms with Crippen LogP contribution in [0.2, 0.25) is 0 Å². The SMILES string of the molecule is Cc1cc(CN(C)CC2CC2C)oc1CNC(C)(C)C. The topological polar surface area (TPSA) is 28.4 Å². The van der Waals surface area contributed by atoms with E-state index in [0.717, 1.165) is 36.4 Å². The third-order valence-corrected chi connectivity index (χ3v) is 4.10. The lowest BCUT2D eigenvalue weighted by Crippen LogP contribution is -2.35. The van der Waals surface area contributed by atoms with Crippen LogP contribution >= 0.6 is 0 Å². The van der Waals surface area contributed by atoms with E-state index in [1.54, 1.807) is 0 Å². The fourth-order valence-electron chi connectivity index (χ4n) is 2.57. The number of hydrogen-bond donors (Lipinski definition) is 1. The number of nitrogens with one attached hydrogen (secondary N) is 1. The lowest BCUT2D eigenvalue weighted by atomic mass is 10.1. The van der Waals surface area contributed by atoms with Crippen LogP contribution in [-0.2, 0) is 13.1 Å². The van der Waals surface area contributed by atoms with Gasteiger partial charge in [-0.1, -0.05) is 6.92 Å². The molecule has 1 N–H and O–H groups in total. The predicted molar refractivity (Wildman–Crippen MR) is 83.6 cm³/mol. The highest BCUT2D eigenvalue weighted by molar-refractivity contribution is 5.20. The molecule has 1 aromatic heterocycles. The minimum Gasteiger partial charge on any atom is -0.463 e. The van der Waals surface area contributed by atoms with E-state index in [9.17, 15) is 0 Å². The summed E-state index contributed by atoms with van der Waals surface area (Å²) < 4.78 is 6.01. The Morgan fingerprint density at radius 2 is 2.05 bits per heavy atom. The van der Waals surface area contributed by atoms with E-state index >= 15 is 0 Å². The second kappa shape index (κ2) is 5.90. The maximum atomic E-state index is 6.01. The summed E-state index contributed by atoms with van der Waals surface area (Å²) in [5.41, 5.74) is 1.38. The van der Waals surface area contributed by atoms with Crippen LogP contribution in [0.15, 0.2) is 10.5 Å². The molecule has 2 unspecified atom stereocenters. The Kier molecular flexibility index (Phi) is 4.60. The maximum absolute atomic E-state index is 6.01. The van der Waals surface area contributed by atoms with Crippen molar-refractivity contribution in [2.45, 2.75) is 59.7 Å². The number of aryl methyl sites for hydroxylation is 1. The lowest BCUT2D eigenvalue weighted by Gasteiger charge is -2.19. The highest BCUT2D eigenvalue weighted by atomic mass is 16.3. The monoisotopic (exact) mass is 278 g/mol. The zero-order chi connectivity index (χ0) is 14.9. The van der Waals surface area contributed by atoms with Gasteiger partial charge in [-0.3, -0.25) is 4.90 Å². The first kappa shape index (κ1) is 15.6. The Balaban J connectivity index is 1.86. The molecule has 1 aromatic rings. The summed E-state index contributed by atoms with van der Waals surface area (Å²) in [5, 5.41) is 3.49. The summed E-state index contributed by atoms with van der Waals surface area (Å²) in [7, 11) is 2.19. The quantitative estimate of drug-likeness (QED) is 0.862. The fraction of sp³-hybridized carbons (Fsp3) is 0.765. The van der Waals surface area contributed by atoms with Crippen molar-refractivity contribution in [1.29, 1.82) is 0 Å². The molecule has 0 aromatic carbocycles. The third kappa shape index (κ3) is 4.64. The summed E-state index contributed by atoms with van der Waals surface area (Å²) in [6.45, 7) is 13.9. The molecule has 1 heterocycles. The van der Waals surface area contributed by atoms with Crippen molar-refractivity contribution in [2.24, 2.45) is 11.8 Å². The maximum Gasteiger partial charge on any atom is 0.120 e. The zero-order valence-electron chi connectivity index (χ0n) is 13.9. The van der Waals surface area contributed by atoms with E-state index in [-0.39, 0.29) is 5.54 Å². The number of rotatable bonds is 6. The normalized spacial score (nSPS) is 22.6. The molecule has 114 valence electrons. The average molecular weight is 278 g/mol. The first-order chi connectivity index (χ1) is 9.24. The minimum atomic E-state index is 0.123. The van der Waals surface area contributed by atoms with Crippen LogP contribution in [0.1, 0.15) is 51.2 Å². The van der Waals surface area contributed by atoms with Crippen molar-refractivity contribution in [3.8, 4) is 0 Å². The molecule has 0 spiro atoms. The summed E-state index contributed by atoms with van der Waals surface area (Å²) in [6.07, 6.45) is 1.39. The summed E-state index contributed by atoms with van der Waals surface area (Å²) >= 11 is 0. The van der Waals surface area contributed by atoms with Crippen LogP contribution in [-0.4, -0.2) is 24.0 Å². The molecule has 1 aliphatic rings. The van der Waals surface area contributed by atoms with Gasteiger partial charge in [0.2, 0.25) is 0 Å². The van der Waals surface area contributed by atoms with Gasteiger partial charge in [-0.15, -0.1) is 0 Å². The Labute approximate surface area is 123 Å². The molecule has 0 bridgehead atoms. The van der Waals surface area contributed by atoms with Gasteiger partial charge in [-0.2, -0.15) is 0 Å². The molecule has 1 fully saturated rings. The number of nitrogens with zero attached hydrogens (tertiary/aromatic N) is 1. The second-order valence-electron chi connectivity index (χ2n) is 7.59. The molecule has 1 aliphatic carbocycles. The van der Waals surface area contributed by atoms with Gasteiger partial charge in [-0.25, -0.2) is 0 Å². The minimum absolute atomic E-state index is 0.123. The number of hydrogen-bond acceptors (Lipinski definition) is 3. The molecule has 0 saturated heterocycles. The summed E-state index contributed by atoms with van der Waals surface area (Å²) in [5.74, 6) is 3.98. The van der Waals surface area contributed by atoms with Crippen molar-refractivity contribution in [3.63, 3.8) is 0 Å². The van der Waals surface area contributed by atoms with Gasteiger partial charge in [-0.05, 0) is 64.6 Å². The standard InChI is InChI=1S/C17H30N2O/c1-12-7-14(12)10-19(6)11-15-8-13(2)16(20-15)9-18-17(3,4)5/h8,12,14,18H,7,9-11H2,1-6H3. The molecule has 3 nitrogen and oxygen atoms in total. The highest BCUT2D eigenvalue weighted by Gasteiger charge is 2.33. The van der Waals surface area contributed by atoms with Gasteiger partial charge >= 0.3 is 0 Å². The Bertz CT molecular complexity index is 444. The molecule has 0 amide bonds. The average Bonchev–Trinajstić information content (AvgIpc) is 2.84. The fourth-order valence-corrected chi connectivity index (χ4v) is 2.57. The van der Waals surface area contributed by atoms with Crippen molar-refractivity contribution < 1.29 is 4.42 Å². The molecule has 20 heavy (non-hydrogen) atoms. The third-order valence-electron chi connectivity index (χ3n) is 4.10. The van der Waals surface area contributed by atoms with Gasteiger partial charge in [0.25, 0.3) is 0 Å². The van der Waals surface area contributed by atoms with Crippen LogP contribution in [0.5, 0.6) is 0 Å². The van der Waals surface area contributed by atoms with E-state index in [1.807, 2.05) is 0 Å². The molecule has 0 radical (unpaired) electrons. The largest absolute Gasteiger partial charge is 0.463 e. The second-order valence-corrected chi connectivity index (χ2v) is 7.59. The van der Waals surface area contributed by atoms with Gasteiger partial charge in [0, 0.05) is 12.1 Å². The Morgan fingerprint density at radius 1 is 1.40 bits per heavy atom. The highest BCUT2D eigenvalue weighted by Crippen LogP contribution is 2.38. The van der Waals surface area contributed by atoms with E-state index in [0.29, 0.717) is 0 Å². The van der Waals surface area contributed by atoms with Crippen LogP contribution in [0.3, 0.4) is 0 Å². The summed E-state index contributed by atoms with van der Waals surface area (Å²) in [4.78, 5) is 2.38. The molecular formula is C17H30N2O. The molecule has 2 atom stereocenters. The van der Waals surface area contributed by atoms with E-state index in [4.69, 9.17) is 4.42 Å². The van der Waals surface area contributed by atoms with Crippen LogP contribution < -0.4 is 5.32 Å². The van der Waals surface area contributed by atoms with Gasteiger partial charge in [0.1, 0.15) is 11.5 Å². The smallest absolute Gasteiger partial charge is 0.120 e. The van der Waals surface area contributed by atoms with E-state index in [2.05, 4.69) is 57.9 Å². The van der Waals surface area contributed by atoms with Gasteiger partial charge < -0.3 is 9.73 Å². The van der Waals surface area contributed by atoms with Crippen LogP contribution in [0.25, 0.3) is 0 Å². The first-order valence-corrected chi connectivity index (χ1v) is 7.76. The van der Waals surface area contributed by atoms with E-state index in [1.165, 1.54) is 18.5 Å². The molecule has 1 saturated carbocycles. The number of furan rings is 1. The predicted octanol–water partition coefficient (Wildman–Crippen LogP) is 3.56. The van der Waals surface area contributed by atoms with Crippen molar-refractivity contribution in [1.82, 2.24) is 10.2 Å². The lowest BCUT2D eigenvalue weighted by molar-refractivity contribution is 0.273. The molecular weight excluding hydrogens is 248 g/mol. The van der Waals surface area contributed by atoms with Crippen molar-refractivity contribution in [3.05, 3.63) is 23.2 Å². The molecule has 0 aliphatic heterocycles. The first-order valence-electron chi connectivity index (χ1n) is 7.76. The zero-order valence-corrected chi connectivity index (χ0v) is 13.9.